The van der Waals surface area contributed by atoms with Crippen LogP contribution >= 0.6 is 24.0 Å². The minimum absolute atomic E-state index is 0. The van der Waals surface area contributed by atoms with Crippen LogP contribution in [0.3, 0.4) is 0 Å². The summed E-state index contributed by atoms with van der Waals surface area (Å²) in [5, 5.41) is 11.4. The molecule has 1 unspecified atom stereocenters. The maximum absolute atomic E-state index is 12.7. The molecule has 1 aromatic heterocycles. The second-order valence-electron chi connectivity index (χ2n) is 7.08. The van der Waals surface area contributed by atoms with Crippen LogP contribution in [0.2, 0.25) is 0 Å². The lowest BCUT2D eigenvalue weighted by Crippen LogP contribution is -2.42. The molecule has 1 aliphatic heterocycles. The Morgan fingerprint density at radius 3 is 2.69 bits per heavy atom. The van der Waals surface area contributed by atoms with Gasteiger partial charge >= 0.3 is 6.18 Å². The summed E-state index contributed by atoms with van der Waals surface area (Å²) in [5.74, 6) is 2.47. The number of guanidine groups is 1. The van der Waals surface area contributed by atoms with Crippen LogP contribution in [0.15, 0.2) is 17.6 Å². The number of hydrogen-bond acceptors (Lipinski definition) is 4. The van der Waals surface area contributed by atoms with E-state index in [1.165, 1.54) is 4.90 Å². The molecule has 0 bridgehead atoms. The van der Waals surface area contributed by atoms with E-state index < -0.39 is 12.7 Å². The molecule has 1 N–H and O–H groups in total. The van der Waals surface area contributed by atoms with E-state index in [1.54, 1.807) is 13.0 Å². The fraction of sp³-hybridized carbons (Fsp3) is 0.722. The van der Waals surface area contributed by atoms with Crippen molar-refractivity contribution in [3.8, 4) is 0 Å². The number of nitrogens with zero attached hydrogens (tertiary/aromatic N) is 6. The molecular weight excluding hydrogens is 498 g/mol. The number of aliphatic imine (C=N–C) groups is 1. The molecule has 0 amide bonds. The van der Waals surface area contributed by atoms with E-state index >= 15 is 0 Å². The summed E-state index contributed by atoms with van der Waals surface area (Å²) in [7, 11) is 1.89. The monoisotopic (exact) mass is 529 g/mol. The molecule has 0 aromatic carbocycles. The molecule has 1 aliphatic rings. The molecule has 1 saturated heterocycles. The predicted molar refractivity (Wildman–Crippen MR) is 118 cm³/mol. The summed E-state index contributed by atoms with van der Waals surface area (Å²) >= 11 is 0. The number of nitrogens with one attached hydrogen (secondary N) is 1. The van der Waals surface area contributed by atoms with Crippen molar-refractivity contribution in [1.82, 2.24) is 29.9 Å². The summed E-state index contributed by atoms with van der Waals surface area (Å²) in [6.45, 7) is 9.70. The largest absolute Gasteiger partial charge is 0.401 e. The van der Waals surface area contributed by atoms with Crippen molar-refractivity contribution >= 4 is 29.9 Å². The first kappa shape index (κ1) is 25.7. The van der Waals surface area contributed by atoms with Gasteiger partial charge in [0.1, 0.15) is 12.4 Å². The van der Waals surface area contributed by atoms with E-state index in [4.69, 9.17) is 0 Å². The zero-order valence-corrected chi connectivity index (χ0v) is 19.6. The van der Waals surface area contributed by atoms with Crippen LogP contribution in [0.25, 0.3) is 0 Å². The van der Waals surface area contributed by atoms with Crippen LogP contribution < -0.4 is 5.32 Å². The Balaban J connectivity index is 0.00000420. The van der Waals surface area contributed by atoms with Crippen LogP contribution in [0, 0.1) is 12.8 Å². The van der Waals surface area contributed by atoms with Crippen molar-refractivity contribution in [3.05, 3.63) is 24.3 Å². The first-order valence-electron chi connectivity index (χ1n) is 9.51. The van der Waals surface area contributed by atoms with Gasteiger partial charge < -0.3 is 14.8 Å². The summed E-state index contributed by atoms with van der Waals surface area (Å²) < 4.78 is 40.0. The van der Waals surface area contributed by atoms with Crippen molar-refractivity contribution < 1.29 is 13.2 Å². The van der Waals surface area contributed by atoms with E-state index in [9.17, 15) is 13.2 Å². The number of alkyl halides is 3. The second-order valence-corrected chi connectivity index (χ2v) is 7.08. The number of likely N-dealkylation sites (tertiary alicyclic amines) is 1. The molecule has 1 atom stereocenters. The molecular formula is C18H31F3IN7. The highest BCUT2D eigenvalue weighted by molar-refractivity contribution is 14.0. The van der Waals surface area contributed by atoms with Crippen molar-refractivity contribution in [2.75, 3.05) is 39.3 Å². The molecule has 0 spiro atoms. The average molecular weight is 529 g/mol. The Hall–Kier alpha value is -1.37. The molecule has 2 rings (SSSR count). The van der Waals surface area contributed by atoms with Gasteiger partial charge in [0.2, 0.25) is 0 Å². The highest BCUT2D eigenvalue weighted by Gasteiger charge is 2.33. The van der Waals surface area contributed by atoms with E-state index in [1.807, 2.05) is 18.5 Å². The molecule has 29 heavy (non-hydrogen) atoms. The van der Waals surface area contributed by atoms with Gasteiger partial charge in [-0.2, -0.15) is 13.2 Å². The summed E-state index contributed by atoms with van der Waals surface area (Å²) in [6.07, 6.45) is -1.58. The molecule has 2 heterocycles. The van der Waals surface area contributed by atoms with Crippen LogP contribution in [0.1, 0.15) is 25.0 Å². The van der Waals surface area contributed by atoms with Gasteiger partial charge in [0.05, 0.1) is 6.54 Å². The van der Waals surface area contributed by atoms with Gasteiger partial charge in [0, 0.05) is 33.2 Å². The number of rotatable bonds is 8. The third kappa shape index (κ3) is 8.11. The zero-order valence-electron chi connectivity index (χ0n) is 17.2. The van der Waals surface area contributed by atoms with Gasteiger partial charge in [0.25, 0.3) is 0 Å². The molecule has 166 valence electrons. The van der Waals surface area contributed by atoms with Gasteiger partial charge in [-0.15, -0.1) is 40.8 Å². The fourth-order valence-electron chi connectivity index (χ4n) is 3.26. The van der Waals surface area contributed by atoms with Crippen molar-refractivity contribution in [3.63, 3.8) is 0 Å². The lowest BCUT2D eigenvalue weighted by Gasteiger charge is -2.26. The third-order valence-electron chi connectivity index (χ3n) is 4.91. The second kappa shape index (κ2) is 11.7. The van der Waals surface area contributed by atoms with Crippen molar-refractivity contribution in [1.29, 1.82) is 0 Å². The summed E-state index contributed by atoms with van der Waals surface area (Å²) in [4.78, 5) is 8.21. The first-order valence-corrected chi connectivity index (χ1v) is 9.51. The van der Waals surface area contributed by atoms with Gasteiger partial charge in [-0.05, 0) is 25.8 Å². The number of aromatic nitrogens is 3. The first-order chi connectivity index (χ1) is 13.2. The van der Waals surface area contributed by atoms with E-state index in [-0.39, 0.29) is 29.9 Å². The SMILES string of the molecule is C=CCNC(=NCc1nnc(C)n1C)N1CCC(CN(CC)CC(F)(F)F)C1.I. The third-order valence-corrected chi connectivity index (χ3v) is 4.91. The summed E-state index contributed by atoms with van der Waals surface area (Å²) in [5.41, 5.74) is 0. The Bertz CT molecular complexity index is 675. The van der Waals surface area contributed by atoms with Gasteiger partial charge in [0.15, 0.2) is 11.8 Å². The zero-order chi connectivity index (χ0) is 20.7. The molecule has 11 heteroatoms. The normalized spacial score (nSPS) is 17.6. The standard InChI is InChI=1S/C18H30F3N7.HI/c1-5-8-22-17(23-10-16-25-24-14(3)26(16)4)28-9-7-15(12-28)11-27(6-2)13-18(19,20)21;/h5,15H,1,6-13H2,2-4H3,(H,22,23);1H. The van der Waals surface area contributed by atoms with Crippen molar-refractivity contribution in [2.45, 2.75) is 33.0 Å². The number of aryl methyl sites for hydroxylation is 1. The van der Waals surface area contributed by atoms with Crippen LogP contribution in [0.5, 0.6) is 0 Å². The van der Waals surface area contributed by atoms with E-state index in [0.717, 1.165) is 30.6 Å². The lowest BCUT2D eigenvalue weighted by molar-refractivity contribution is -0.146. The molecule has 0 saturated carbocycles. The Labute approximate surface area is 187 Å². The van der Waals surface area contributed by atoms with E-state index in [2.05, 4.69) is 32.0 Å². The predicted octanol–water partition coefficient (Wildman–Crippen LogP) is 2.58. The Kier molecular flexibility index (Phi) is 10.4. The van der Waals surface area contributed by atoms with Crippen molar-refractivity contribution in [2.24, 2.45) is 18.0 Å². The highest BCUT2D eigenvalue weighted by atomic mass is 127. The minimum atomic E-state index is -4.17. The molecule has 1 aromatic rings. The fourth-order valence-corrected chi connectivity index (χ4v) is 3.26. The topological polar surface area (TPSA) is 61.6 Å². The van der Waals surface area contributed by atoms with Gasteiger partial charge in [-0.1, -0.05) is 13.0 Å². The molecule has 1 fully saturated rings. The maximum Gasteiger partial charge on any atom is 0.401 e. The average Bonchev–Trinajstić information content (AvgIpc) is 3.21. The minimum Gasteiger partial charge on any atom is -0.353 e. The number of hydrogen-bond donors (Lipinski definition) is 1. The Morgan fingerprint density at radius 2 is 2.14 bits per heavy atom. The molecule has 0 aliphatic carbocycles. The summed E-state index contributed by atoms with van der Waals surface area (Å²) in [6, 6.07) is 0. The molecule has 0 radical (unpaired) electrons. The smallest absolute Gasteiger partial charge is 0.353 e. The quantitative estimate of drug-likeness (QED) is 0.243. The lowest BCUT2D eigenvalue weighted by atomic mass is 10.1. The van der Waals surface area contributed by atoms with Gasteiger partial charge in [-0.25, -0.2) is 4.99 Å². The highest BCUT2D eigenvalue weighted by Crippen LogP contribution is 2.21. The van der Waals surface area contributed by atoms with Gasteiger partial charge in [-0.3, -0.25) is 4.90 Å². The van der Waals surface area contributed by atoms with Crippen LogP contribution in [-0.4, -0.2) is 76.0 Å². The van der Waals surface area contributed by atoms with E-state index in [0.29, 0.717) is 32.7 Å². The molecule has 7 nitrogen and oxygen atoms in total. The Morgan fingerprint density at radius 1 is 1.41 bits per heavy atom. The van der Waals surface area contributed by atoms with Crippen LogP contribution in [-0.2, 0) is 13.6 Å². The number of halogens is 4. The maximum atomic E-state index is 12.7. The van der Waals surface area contributed by atoms with Crippen LogP contribution in [0.4, 0.5) is 13.2 Å².